The molecule has 0 fully saturated rings. The van der Waals surface area contributed by atoms with E-state index in [9.17, 15) is 14.9 Å². The van der Waals surface area contributed by atoms with Crippen molar-refractivity contribution >= 4 is 11.6 Å². The molecule has 1 heterocycles. The summed E-state index contributed by atoms with van der Waals surface area (Å²) in [5.74, 6) is 0.451. The Morgan fingerprint density at radius 2 is 1.93 bits per heavy atom. The highest BCUT2D eigenvalue weighted by Crippen LogP contribution is 2.32. The molecule has 27 heavy (non-hydrogen) atoms. The van der Waals surface area contributed by atoms with Gasteiger partial charge in [-0.3, -0.25) is 14.9 Å². The third-order valence-electron chi connectivity index (χ3n) is 3.54. The minimum absolute atomic E-state index is 0.129. The second-order valence-corrected chi connectivity index (χ2v) is 5.35. The molecule has 10 heteroatoms. The molecular weight excluding hydrogens is 356 g/mol. The maximum Gasteiger partial charge on any atom is 0.311 e. The van der Waals surface area contributed by atoms with E-state index in [0.29, 0.717) is 22.7 Å². The fourth-order valence-electron chi connectivity index (χ4n) is 2.28. The number of primary amides is 1. The van der Waals surface area contributed by atoms with Crippen LogP contribution in [-0.2, 0) is 4.79 Å². The Kier molecular flexibility index (Phi) is 4.97. The number of nitrogens with two attached hydrogens (primary N) is 1. The van der Waals surface area contributed by atoms with Crippen molar-refractivity contribution in [3.05, 3.63) is 52.6 Å². The second-order valence-electron chi connectivity index (χ2n) is 5.35. The lowest BCUT2D eigenvalue weighted by Gasteiger charge is -2.03. The van der Waals surface area contributed by atoms with Crippen LogP contribution in [-0.4, -0.2) is 34.7 Å². The van der Waals surface area contributed by atoms with E-state index in [1.54, 1.807) is 30.3 Å². The van der Waals surface area contributed by atoms with Crippen molar-refractivity contribution in [3.63, 3.8) is 0 Å². The third kappa shape index (κ3) is 4.00. The predicted molar refractivity (Wildman–Crippen MR) is 93.1 cm³/mol. The Morgan fingerprint density at radius 1 is 1.22 bits per heavy atom. The summed E-state index contributed by atoms with van der Waals surface area (Å²) in [5.41, 5.74) is 5.85. The molecule has 138 valence electrons. The fourth-order valence-corrected chi connectivity index (χ4v) is 2.28. The maximum atomic E-state index is 11.1. The van der Waals surface area contributed by atoms with Crippen molar-refractivity contribution in [2.45, 2.75) is 0 Å². The number of hydrogen-bond acceptors (Lipinski definition) is 8. The normalized spacial score (nSPS) is 10.4. The average molecular weight is 370 g/mol. The first-order valence-electron chi connectivity index (χ1n) is 7.66. The van der Waals surface area contributed by atoms with Crippen LogP contribution in [0.4, 0.5) is 5.69 Å². The van der Waals surface area contributed by atoms with Crippen molar-refractivity contribution in [3.8, 4) is 34.3 Å². The molecule has 0 aliphatic carbocycles. The number of ether oxygens (including phenoxy) is 2. The van der Waals surface area contributed by atoms with Gasteiger partial charge in [0.1, 0.15) is 5.75 Å². The topological polar surface area (TPSA) is 144 Å². The zero-order valence-corrected chi connectivity index (χ0v) is 14.1. The number of hydrogen-bond donors (Lipinski definition) is 1. The van der Waals surface area contributed by atoms with Crippen molar-refractivity contribution in [2.75, 3.05) is 13.7 Å². The molecule has 2 aromatic carbocycles. The second kappa shape index (κ2) is 7.52. The molecule has 0 radical (unpaired) electrons. The Morgan fingerprint density at radius 3 is 2.56 bits per heavy atom. The van der Waals surface area contributed by atoms with Gasteiger partial charge < -0.3 is 19.7 Å². The van der Waals surface area contributed by atoms with Gasteiger partial charge >= 0.3 is 5.69 Å². The van der Waals surface area contributed by atoms with Gasteiger partial charge in [0, 0.05) is 17.2 Å². The highest BCUT2D eigenvalue weighted by Gasteiger charge is 2.19. The van der Waals surface area contributed by atoms with E-state index in [4.69, 9.17) is 19.7 Å². The monoisotopic (exact) mass is 370 g/mol. The molecule has 1 amide bonds. The zero-order valence-electron chi connectivity index (χ0n) is 14.1. The van der Waals surface area contributed by atoms with Gasteiger partial charge in [-0.2, -0.15) is 4.98 Å². The van der Waals surface area contributed by atoms with E-state index >= 15 is 0 Å². The van der Waals surface area contributed by atoms with Crippen LogP contribution >= 0.6 is 0 Å². The number of carbonyl (C=O) groups excluding carboxylic acids is 1. The number of nitro benzene ring substituents is 1. The van der Waals surface area contributed by atoms with Crippen LogP contribution in [0, 0.1) is 10.1 Å². The standard InChI is InChI=1S/C17H14N4O6/c1-25-14-7-4-11(8-13(14)21(23)24)17-19-16(20-27-17)10-2-5-12(6-3-10)26-9-15(18)22/h2-8H,9H2,1H3,(H2,18,22). The van der Waals surface area contributed by atoms with E-state index in [-0.39, 0.29) is 23.9 Å². The van der Waals surface area contributed by atoms with Crippen LogP contribution in [0.25, 0.3) is 22.8 Å². The van der Waals surface area contributed by atoms with E-state index in [2.05, 4.69) is 10.1 Å². The van der Waals surface area contributed by atoms with Crippen molar-refractivity contribution in [1.82, 2.24) is 10.1 Å². The molecule has 1 aromatic heterocycles. The molecule has 0 aliphatic rings. The van der Waals surface area contributed by atoms with Crippen LogP contribution < -0.4 is 15.2 Å². The average Bonchev–Trinajstić information content (AvgIpc) is 3.16. The van der Waals surface area contributed by atoms with E-state index in [1.165, 1.54) is 19.2 Å². The number of carbonyl (C=O) groups is 1. The van der Waals surface area contributed by atoms with Gasteiger partial charge in [0.25, 0.3) is 11.8 Å². The van der Waals surface area contributed by atoms with Gasteiger partial charge in [-0.15, -0.1) is 0 Å². The summed E-state index contributed by atoms with van der Waals surface area (Å²) < 4.78 is 15.4. The zero-order chi connectivity index (χ0) is 19.4. The molecular formula is C17H14N4O6. The van der Waals surface area contributed by atoms with Gasteiger partial charge in [-0.05, 0) is 36.4 Å². The van der Waals surface area contributed by atoms with Crippen LogP contribution in [0.5, 0.6) is 11.5 Å². The molecule has 10 nitrogen and oxygen atoms in total. The number of amides is 1. The number of methoxy groups -OCH3 is 1. The lowest BCUT2D eigenvalue weighted by molar-refractivity contribution is -0.385. The van der Waals surface area contributed by atoms with Crippen LogP contribution in [0.15, 0.2) is 47.0 Å². The smallest absolute Gasteiger partial charge is 0.311 e. The Bertz CT molecular complexity index is 983. The number of rotatable bonds is 7. The molecule has 0 unspecified atom stereocenters. The first kappa shape index (κ1) is 17.9. The number of nitro groups is 1. The Hall–Kier alpha value is -3.95. The SMILES string of the molecule is COc1ccc(-c2nc(-c3ccc(OCC(N)=O)cc3)no2)cc1[N+](=O)[O-]. The van der Waals surface area contributed by atoms with Crippen molar-refractivity contribution in [1.29, 1.82) is 0 Å². The predicted octanol–water partition coefficient (Wildman–Crippen LogP) is 2.18. The van der Waals surface area contributed by atoms with Gasteiger partial charge in [-0.1, -0.05) is 5.16 Å². The first-order valence-corrected chi connectivity index (χ1v) is 7.66. The highest BCUT2D eigenvalue weighted by atomic mass is 16.6. The summed E-state index contributed by atoms with van der Waals surface area (Å²) in [6.07, 6.45) is 0. The van der Waals surface area contributed by atoms with Crippen molar-refractivity contribution in [2.24, 2.45) is 5.73 Å². The molecule has 3 rings (SSSR count). The molecule has 0 bridgehead atoms. The first-order chi connectivity index (χ1) is 13.0. The lowest BCUT2D eigenvalue weighted by atomic mass is 10.2. The Labute approximate surface area is 152 Å². The van der Waals surface area contributed by atoms with Crippen LogP contribution in [0.2, 0.25) is 0 Å². The van der Waals surface area contributed by atoms with Gasteiger partial charge in [-0.25, -0.2) is 0 Å². The Balaban J connectivity index is 1.83. The molecule has 0 spiro atoms. The van der Waals surface area contributed by atoms with E-state index < -0.39 is 10.8 Å². The molecule has 0 saturated heterocycles. The van der Waals surface area contributed by atoms with Gasteiger partial charge in [0.05, 0.1) is 12.0 Å². The third-order valence-corrected chi connectivity index (χ3v) is 3.54. The van der Waals surface area contributed by atoms with E-state index in [1.807, 2.05) is 0 Å². The quantitative estimate of drug-likeness (QED) is 0.492. The number of benzene rings is 2. The van der Waals surface area contributed by atoms with E-state index in [0.717, 1.165) is 0 Å². The molecule has 3 aromatic rings. The highest BCUT2D eigenvalue weighted by molar-refractivity contribution is 5.75. The summed E-state index contributed by atoms with van der Waals surface area (Å²) in [7, 11) is 1.35. The van der Waals surface area contributed by atoms with Crippen LogP contribution in [0.3, 0.4) is 0 Å². The molecule has 0 atom stereocenters. The summed E-state index contributed by atoms with van der Waals surface area (Å²) in [4.78, 5) is 25.6. The van der Waals surface area contributed by atoms with Crippen LogP contribution in [0.1, 0.15) is 0 Å². The minimum Gasteiger partial charge on any atom is -0.490 e. The number of nitrogens with zero attached hydrogens (tertiary/aromatic N) is 3. The largest absolute Gasteiger partial charge is 0.490 e. The summed E-state index contributed by atoms with van der Waals surface area (Å²) in [6, 6.07) is 11.0. The minimum atomic E-state index is -0.574. The van der Waals surface area contributed by atoms with Gasteiger partial charge in [0.2, 0.25) is 5.82 Å². The molecule has 2 N–H and O–H groups in total. The summed E-state index contributed by atoms with van der Waals surface area (Å²) in [6.45, 7) is -0.220. The summed E-state index contributed by atoms with van der Waals surface area (Å²) in [5, 5.41) is 15.0. The molecule has 0 saturated carbocycles. The van der Waals surface area contributed by atoms with Crippen molar-refractivity contribution < 1.29 is 23.7 Å². The van der Waals surface area contributed by atoms with Gasteiger partial charge in [0.15, 0.2) is 12.4 Å². The summed E-state index contributed by atoms with van der Waals surface area (Å²) >= 11 is 0. The number of aromatic nitrogens is 2. The maximum absolute atomic E-state index is 11.1. The lowest BCUT2D eigenvalue weighted by Crippen LogP contribution is -2.19. The fraction of sp³-hybridized carbons (Fsp3) is 0.118. The molecule has 0 aliphatic heterocycles.